The van der Waals surface area contributed by atoms with Crippen LogP contribution in [0.25, 0.3) is 132 Å². The van der Waals surface area contributed by atoms with Crippen molar-refractivity contribution < 1.29 is 0 Å². The van der Waals surface area contributed by atoms with Crippen molar-refractivity contribution in [1.82, 2.24) is 0 Å². The lowest BCUT2D eigenvalue weighted by molar-refractivity contribution is 0.660. The van der Waals surface area contributed by atoms with Gasteiger partial charge in [-0.2, -0.15) is 0 Å². The first-order valence-electron chi connectivity index (χ1n) is 27.6. The molecule has 0 heterocycles. The Morgan fingerprint density at radius 2 is 0.519 bits per heavy atom. The molecule has 0 aliphatic heterocycles. The first-order valence-corrected chi connectivity index (χ1v) is 27.6. The molecule has 0 unspecified atom stereocenters. The molecule has 0 heteroatoms. The average Bonchev–Trinajstić information content (AvgIpc) is 4.21. The number of fused-ring (bicyclic) bond motifs is 18. The zero-order valence-electron chi connectivity index (χ0n) is 44.4. The lowest BCUT2D eigenvalue weighted by atomic mass is 9.78. The highest BCUT2D eigenvalue weighted by molar-refractivity contribution is 6.19. The van der Waals surface area contributed by atoms with Gasteiger partial charge in [-0.1, -0.05) is 242 Å². The van der Waals surface area contributed by atoms with Crippen molar-refractivity contribution in [1.29, 1.82) is 0 Å². The Morgan fingerprint density at radius 3 is 1.01 bits per heavy atom. The van der Waals surface area contributed by atoms with Crippen LogP contribution in [0.4, 0.5) is 0 Å². The Hall–Kier alpha value is -8.84. The van der Waals surface area contributed by atoms with Gasteiger partial charge in [-0.05, 0) is 195 Å². The molecule has 364 valence electrons. The largest absolute Gasteiger partial charge is 0.0619 e. The van der Waals surface area contributed by atoms with Gasteiger partial charge >= 0.3 is 0 Å². The molecule has 0 saturated carbocycles. The molecule has 3 aliphatic rings. The van der Waals surface area contributed by atoms with Gasteiger partial charge in [0.1, 0.15) is 0 Å². The summed E-state index contributed by atoms with van der Waals surface area (Å²) in [5.41, 5.74) is 26.2. The summed E-state index contributed by atoms with van der Waals surface area (Å²) in [5, 5.41) is 13.0. The smallest absolute Gasteiger partial charge is 0.0159 e. The van der Waals surface area contributed by atoms with E-state index in [-0.39, 0.29) is 16.2 Å². The molecule has 0 amide bonds. The zero-order chi connectivity index (χ0) is 51.7. The molecule has 0 bridgehead atoms. The summed E-state index contributed by atoms with van der Waals surface area (Å²) in [6, 6.07) is 88.0. The third-order valence-corrected chi connectivity index (χ3v) is 18.9. The van der Waals surface area contributed by atoms with Gasteiger partial charge in [0, 0.05) is 16.2 Å². The van der Waals surface area contributed by atoms with Crippen molar-refractivity contribution in [3.8, 4) is 77.9 Å². The summed E-state index contributed by atoms with van der Waals surface area (Å²) in [6.45, 7) is 14.6. The molecule has 0 atom stereocenters. The summed E-state index contributed by atoms with van der Waals surface area (Å²) in [5.74, 6) is 0. The minimum absolute atomic E-state index is 0.0734. The normalized spacial score (nSPS) is 14.9. The Bertz CT molecular complexity index is 4740. The monoisotopic (exact) mass is 980 g/mol. The minimum Gasteiger partial charge on any atom is -0.0619 e. The van der Waals surface area contributed by atoms with Crippen LogP contribution in [0.15, 0.2) is 231 Å². The molecule has 3 aliphatic carbocycles. The molecular formula is C77H56. The lowest BCUT2D eigenvalue weighted by Gasteiger charge is -2.25. The Kier molecular flexibility index (Phi) is 9.02. The van der Waals surface area contributed by atoms with Crippen LogP contribution in [-0.4, -0.2) is 0 Å². The fraction of sp³-hybridized carbons (Fsp3) is 0.117. The van der Waals surface area contributed by atoms with E-state index in [1.54, 1.807) is 0 Å². The van der Waals surface area contributed by atoms with Crippen molar-refractivity contribution in [2.45, 2.75) is 57.8 Å². The topological polar surface area (TPSA) is 0 Å². The molecular weight excluding hydrogens is 925 g/mol. The van der Waals surface area contributed by atoms with E-state index in [2.05, 4.69) is 272 Å². The molecule has 0 radical (unpaired) electrons. The number of hydrogen-bond acceptors (Lipinski definition) is 0. The highest BCUT2D eigenvalue weighted by Gasteiger charge is 2.42. The van der Waals surface area contributed by atoms with Crippen LogP contribution in [0.2, 0.25) is 0 Å². The first-order chi connectivity index (χ1) is 37.5. The van der Waals surface area contributed by atoms with Crippen molar-refractivity contribution in [3.63, 3.8) is 0 Å². The Balaban J connectivity index is 0.825. The Morgan fingerprint density at radius 1 is 0.195 bits per heavy atom. The Labute approximate surface area is 451 Å². The zero-order valence-corrected chi connectivity index (χ0v) is 44.4. The SMILES string of the molecule is CC1(C)c2ccccc2-c2ccc(-c3cc4c(c5ccccc35)-c3c(cc(-c5ccc(-c6cc7c(c8ccccc68)-c6c(cc(-c8cccc9ccccc89)c8ccccc68)C7(C)C)cc5)c5ccccc35)C4(C)C)cc21. The van der Waals surface area contributed by atoms with Crippen molar-refractivity contribution in [2.24, 2.45) is 0 Å². The average molecular weight is 981 g/mol. The minimum atomic E-state index is -0.247. The van der Waals surface area contributed by atoms with E-state index in [1.807, 2.05) is 0 Å². The molecule has 0 saturated heterocycles. The van der Waals surface area contributed by atoms with Gasteiger partial charge in [-0.3, -0.25) is 0 Å². The predicted molar refractivity (Wildman–Crippen MR) is 328 cm³/mol. The molecule has 0 fully saturated rings. The van der Waals surface area contributed by atoms with Gasteiger partial charge in [0.25, 0.3) is 0 Å². The number of benzene rings is 13. The molecule has 13 aromatic carbocycles. The second kappa shape index (κ2) is 15.6. The summed E-state index contributed by atoms with van der Waals surface area (Å²) < 4.78 is 0. The van der Waals surface area contributed by atoms with E-state index < -0.39 is 0 Å². The van der Waals surface area contributed by atoms with Crippen molar-refractivity contribution in [3.05, 3.63) is 264 Å². The first kappa shape index (κ1) is 44.5. The van der Waals surface area contributed by atoms with E-state index in [0.29, 0.717) is 0 Å². The van der Waals surface area contributed by atoms with E-state index in [0.717, 1.165) is 0 Å². The highest BCUT2D eigenvalue weighted by Crippen LogP contribution is 2.59. The third kappa shape index (κ3) is 5.99. The van der Waals surface area contributed by atoms with Crippen LogP contribution in [-0.2, 0) is 16.2 Å². The van der Waals surface area contributed by atoms with Gasteiger partial charge in [0.15, 0.2) is 0 Å². The van der Waals surface area contributed by atoms with Crippen LogP contribution in [0.5, 0.6) is 0 Å². The molecule has 0 nitrogen and oxygen atoms in total. The van der Waals surface area contributed by atoms with E-state index in [1.165, 1.54) is 165 Å². The second-order valence-electron chi connectivity index (χ2n) is 23.9. The number of hydrogen-bond donors (Lipinski definition) is 0. The highest BCUT2D eigenvalue weighted by atomic mass is 14.4. The molecule has 77 heavy (non-hydrogen) atoms. The van der Waals surface area contributed by atoms with Gasteiger partial charge in [0.2, 0.25) is 0 Å². The van der Waals surface area contributed by atoms with Gasteiger partial charge in [-0.25, -0.2) is 0 Å². The van der Waals surface area contributed by atoms with Gasteiger partial charge in [-0.15, -0.1) is 0 Å². The quantitative estimate of drug-likeness (QED) is 0.165. The van der Waals surface area contributed by atoms with Gasteiger partial charge in [0.05, 0.1) is 0 Å². The van der Waals surface area contributed by atoms with Crippen LogP contribution in [0, 0.1) is 0 Å². The summed E-state index contributed by atoms with van der Waals surface area (Å²) >= 11 is 0. The molecule has 0 N–H and O–H groups in total. The molecule has 0 aromatic heterocycles. The van der Waals surface area contributed by atoms with E-state index in [9.17, 15) is 0 Å². The molecule has 16 rings (SSSR count). The predicted octanol–water partition coefficient (Wildman–Crippen LogP) is 21.0. The van der Waals surface area contributed by atoms with Crippen LogP contribution >= 0.6 is 0 Å². The summed E-state index contributed by atoms with van der Waals surface area (Å²) in [7, 11) is 0. The van der Waals surface area contributed by atoms with Crippen LogP contribution in [0.1, 0.15) is 74.9 Å². The van der Waals surface area contributed by atoms with Crippen molar-refractivity contribution >= 4 is 53.9 Å². The second-order valence-corrected chi connectivity index (χ2v) is 23.9. The standard InChI is InChI=1S/C77H56/c1-75(2)65-33-18-17-27-55(65)56-39-38-48(40-66(56)75)63-43-69-73(59-30-15-11-25-53(59)63)71-57-28-13-9-23-51(57)61(41-67(71)76(69,3)4)46-34-36-47(37-35-46)62-42-68-72(58-29-14-10-24-52(58)62)74-60-31-16-12-26-54(60)64(44-70(74)77(68,5)6)50-32-19-21-45-20-7-8-22-49(45)50/h7-44H,1-6H3. The fourth-order valence-electron chi connectivity index (χ4n) is 14.9. The molecule has 13 aromatic rings. The van der Waals surface area contributed by atoms with E-state index in [4.69, 9.17) is 0 Å². The van der Waals surface area contributed by atoms with Crippen LogP contribution < -0.4 is 0 Å². The maximum absolute atomic E-state index is 2.55. The van der Waals surface area contributed by atoms with Gasteiger partial charge < -0.3 is 0 Å². The number of rotatable bonds is 4. The molecule has 0 spiro atoms. The summed E-state index contributed by atoms with van der Waals surface area (Å²) in [4.78, 5) is 0. The fourth-order valence-corrected chi connectivity index (χ4v) is 14.9. The van der Waals surface area contributed by atoms with E-state index >= 15 is 0 Å². The lowest BCUT2D eigenvalue weighted by Crippen LogP contribution is -2.16. The van der Waals surface area contributed by atoms with Crippen molar-refractivity contribution in [2.75, 3.05) is 0 Å². The maximum Gasteiger partial charge on any atom is 0.0159 e. The third-order valence-electron chi connectivity index (χ3n) is 18.9. The van der Waals surface area contributed by atoms with Crippen LogP contribution in [0.3, 0.4) is 0 Å². The maximum atomic E-state index is 2.55. The summed E-state index contributed by atoms with van der Waals surface area (Å²) in [6.07, 6.45) is 0.